The number of hydrogen-bond donors (Lipinski definition) is 0. The Balaban J connectivity index is 1.51. The molecule has 4 rings (SSSR count). The number of piperidine rings is 1. The lowest BCUT2D eigenvalue weighted by molar-refractivity contribution is -0.137. The molecule has 1 aromatic heterocycles. The smallest absolute Gasteiger partial charge is 0.378 e. The summed E-state index contributed by atoms with van der Waals surface area (Å²) in [7, 11) is 3.87. The molecule has 2 fully saturated rings. The third-order valence-corrected chi connectivity index (χ3v) is 6.13. The van der Waals surface area contributed by atoms with Crippen LogP contribution in [0.15, 0.2) is 42.6 Å². The largest absolute Gasteiger partial charge is 0.417 e. The predicted molar refractivity (Wildman–Crippen MR) is 110 cm³/mol. The number of aromatic nitrogens is 1. The molecule has 2 aliphatic rings. The highest BCUT2D eigenvalue weighted by Gasteiger charge is 2.41. The molecule has 0 N–H and O–H groups in total. The van der Waals surface area contributed by atoms with E-state index in [1.54, 1.807) is 0 Å². The van der Waals surface area contributed by atoms with Crippen molar-refractivity contribution in [2.24, 2.45) is 5.92 Å². The molecule has 1 aromatic carbocycles. The maximum Gasteiger partial charge on any atom is 0.417 e. The quantitative estimate of drug-likeness (QED) is 0.758. The lowest BCUT2D eigenvalue weighted by Gasteiger charge is -2.39. The van der Waals surface area contributed by atoms with Crippen LogP contribution in [0.3, 0.4) is 0 Å². The molecule has 2 saturated heterocycles. The highest BCUT2D eigenvalue weighted by Crippen LogP contribution is 2.35. The molecule has 160 valence electrons. The molecule has 2 aromatic rings. The molecule has 0 bridgehead atoms. The van der Waals surface area contributed by atoms with Crippen molar-refractivity contribution in [1.29, 1.82) is 0 Å². The summed E-state index contributed by atoms with van der Waals surface area (Å²) in [6.45, 7) is 2.02. The van der Waals surface area contributed by atoms with E-state index in [4.69, 9.17) is 0 Å². The summed E-state index contributed by atoms with van der Waals surface area (Å²) in [6, 6.07) is 10.1. The van der Waals surface area contributed by atoms with Crippen LogP contribution in [0.25, 0.3) is 0 Å². The van der Waals surface area contributed by atoms with Gasteiger partial charge in [-0.1, -0.05) is 6.07 Å². The van der Waals surface area contributed by atoms with Crippen LogP contribution < -0.4 is 9.80 Å². The molecule has 5 nitrogen and oxygen atoms in total. The number of fused-ring (bicyclic) bond motifs is 1. The van der Waals surface area contributed by atoms with Crippen molar-refractivity contribution in [1.82, 2.24) is 9.88 Å². The number of pyridine rings is 1. The zero-order valence-corrected chi connectivity index (χ0v) is 17.1. The Hall–Kier alpha value is -2.77. The molecule has 2 atom stereocenters. The Morgan fingerprint density at radius 1 is 1.13 bits per heavy atom. The molecule has 1 amide bonds. The summed E-state index contributed by atoms with van der Waals surface area (Å²) in [4.78, 5) is 23.1. The van der Waals surface area contributed by atoms with E-state index in [9.17, 15) is 18.0 Å². The number of carbonyl (C=O) groups excluding carboxylic acids is 1. The molecule has 0 spiro atoms. The number of nitrogens with zero attached hydrogens (tertiary/aromatic N) is 4. The molecule has 2 aliphatic heterocycles. The molecule has 0 radical (unpaired) electrons. The first-order valence-electron chi connectivity index (χ1n) is 10.1. The maximum absolute atomic E-state index is 13.2. The predicted octanol–water partition coefficient (Wildman–Crippen LogP) is 3.91. The fraction of sp³-hybridized carbons (Fsp3) is 0.455. The lowest BCUT2D eigenvalue weighted by atomic mass is 9.92. The first-order chi connectivity index (χ1) is 14.2. The van der Waals surface area contributed by atoms with Crippen LogP contribution in [-0.4, -0.2) is 55.6 Å². The Labute approximate surface area is 174 Å². The minimum Gasteiger partial charge on any atom is -0.378 e. The minimum absolute atomic E-state index is 0.00780. The Morgan fingerprint density at radius 3 is 2.57 bits per heavy atom. The van der Waals surface area contributed by atoms with Gasteiger partial charge in [-0.2, -0.15) is 13.2 Å². The molecular formula is C22H25F3N4O. The summed E-state index contributed by atoms with van der Waals surface area (Å²) in [5.41, 5.74) is 0.877. The Morgan fingerprint density at radius 2 is 1.90 bits per heavy atom. The minimum atomic E-state index is -4.39. The van der Waals surface area contributed by atoms with Crippen LogP contribution in [0.2, 0.25) is 0 Å². The van der Waals surface area contributed by atoms with Crippen LogP contribution in [0.4, 0.5) is 24.7 Å². The van der Waals surface area contributed by atoms with E-state index in [-0.39, 0.29) is 11.9 Å². The summed E-state index contributed by atoms with van der Waals surface area (Å²) >= 11 is 0. The normalized spacial score (nSPS) is 21.5. The van der Waals surface area contributed by atoms with Crippen molar-refractivity contribution in [2.45, 2.75) is 25.1 Å². The molecule has 0 saturated carbocycles. The highest BCUT2D eigenvalue weighted by molar-refractivity contribution is 5.95. The zero-order valence-electron chi connectivity index (χ0n) is 17.1. The van der Waals surface area contributed by atoms with Gasteiger partial charge in [0.15, 0.2) is 0 Å². The van der Waals surface area contributed by atoms with E-state index in [1.807, 2.05) is 53.1 Å². The van der Waals surface area contributed by atoms with E-state index >= 15 is 0 Å². The first kappa shape index (κ1) is 20.5. The zero-order chi connectivity index (χ0) is 21.5. The fourth-order valence-electron chi connectivity index (χ4n) is 4.42. The number of likely N-dealkylation sites (tertiary alicyclic amines) is 1. The van der Waals surface area contributed by atoms with Crippen LogP contribution in [0.1, 0.15) is 28.8 Å². The van der Waals surface area contributed by atoms with Crippen LogP contribution >= 0.6 is 0 Å². The number of amides is 1. The monoisotopic (exact) mass is 418 g/mol. The van der Waals surface area contributed by atoms with Crippen LogP contribution in [0, 0.1) is 5.92 Å². The van der Waals surface area contributed by atoms with E-state index in [0.717, 1.165) is 37.3 Å². The number of alkyl halides is 3. The van der Waals surface area contributed by atoms with Gasteiger partial charge in [0.2, 0.25) is 0 Å². The average molecular weight is 418 g/mol. The molecule has 3 heterocycles. The number of hydrogen-bond acceptors (Lipinski definition) is 4. The van der Waals surface area contributed by atoms with E-state index in [1.165, 1.54) is 6.07 Å². The Bertz CT molecular complexity index is 913. The fourth-order valence-corrected chi connectivity index (χ4v) is 4.42. The number of rotatable bonds is 3. The summed E-state index contributed by atoms with van der Waals surface area (Å²) in [6.07, 6.45) is -1.66. The summed E-state index contributed by atoms with van der Waals surface area (Å²) in [5.74, 6) is 0.945. The van der Waals surface area contributed by atoms with Crippen molar-refractivity contribution < 1.29 is 18.0 Å². The van der Waals surface area contributed by atoms with Gasteiger partial charge in [-0.15, -0.1) is 0 Å². The summed E-state index contributed by atoms with van der Waals surface area (Å²) < 4.78 is 38.5. The van der Waals surface area contributed by atoms with Crippen molar-refractivity contribution in [3.8, 4) is 0 Å². The number of benzene rings is 1. The second-order valence-corrected chi connectivity index (χ2v) is 8.20. The third-order valence-electron chi connectivity index (χ3n) is 6.13. The van der Waals surface area contributed by atoms with Crippen LogP contribution in [0.5, 0.6) is 0 Å². The summed E-state index contributed by atoms with van der Waals surface area (Å²) in [5, 5.41) is 0. The highest BCUT2D eigenvalue weighted by atomic mass is 19.4. The van der Waals surface area contributed by atoms with Gasteiger partial charge < -0.3 is 14.7 Å². The van der Waals surface area contributed by atoms with Gasteiger partial charge in [-0.3, -0.25) is 4.79 Å². The lowest BCUT2D eigenvalue weighted by Crippen LogP contribution is -2.50. The van der Waals surface area contributed by atoms with E-state index < -0.39 is 11.7 Å². The van der Waals surface area contributed by atoms with Crippen molar-refractivity contribution in [3.63, 3.8) is 0 Å². The van der Waals surface area contributed by atoms with Gasteiger partial charge in [0.1, 0.15) is 5.82 Å². The van der Waals surface area contributed by atoms with Crippen molar-refractivity contribution in [2.75, 3.05) is 43.5 Å². The first-order valence-corrected chi connectivity index (χ1v) is 10.1. The van der Waals surface area contributed by atoms with E-state index in [2.05, 4.69) is 4.98 Å². The van der Waals surface area contributed by atoms with Gasteiger partial charge in [-0.25, -0.2) is 4.98 Å². The SMILES string of the molecule is CN(C)c1cccc(C(=O)N2CCC3CCN(c4ccc(C(F)(F)F)cn4)CC32)c1. The maximum atomic E-state index is 13.2. The Kier molecular flexibility index (Phi) is 5.34. The average Bonchev–Trinajstić information content (AvgIpc) is 3.16. The number of anilines is 2. The molecule has 30 heavy (non-hydrogen) atoms. The van der Waals surface area contributed by atoms with Gasteiger partial charge in [0.05, 0.1) is 11.6 Å². The second-order valence-electron chi connectivity index (χ2n) is 8.20. The topological polar surface area (TPSA) is 39.7 Å². The van der Waals surface area contributed by atoms with E-state index in [0.29, 0.717) is 30.4 Å². The molecule has 0 aliphatic carbocycles. The molecule has 8 heteroatoms. The molecule has 2 unspecified atom stereocenters. The molecular weight excluding hydrogens is 393 g/mol. The van der Waals surface area contributed by atoms with Gasteiger partial charge in [0, 0.05) is 51.2 Å². The third kappa shape index (κ3) is 3.95. The van der Waals surface area contributed by atoms with Gasteiger partial charge in [-0.05, 0) is 49.1 Å². The number of carbonyl (C=O) groups is 1. The van der Waals surface area contributed by atoms with Crippen molar-refractivity contribution in [3.05, 3.63) is 53.7 Å². The second kappa shape index (κ2) is 7.81. The van der Waals surface area contributed by atoms with Gasteiger partial charge in [0.25, 0.3) is 5.91 Å². The van der Waals surface area contributed by atoms with Gasteiger partial charge >= 0.3 is 6.18 Å². The number of halogens is 3. The van der Waals surface area contributed by atoms with Crippen LogP contribution in [-0.2, 0) is 6.18 Å². The standard InChI is InChI=1S/C22H25F3N4O/c1-27(2)18-5-3-4-16(12-18)21(30)29-11-9-15-8-10-28(14-19(15)29)20-7-6-17(13-26-20)22(23,24)25/h3-7,12-13,15,19H,8-11,14H2,1-2H3. The van der Waals surface area contributed by atoms with Crippen molar-refractivity contribution >= 4 is 17.4 Å².